The van der Waals surface area contributed by atoms with E-state index in [0.29, 0.717) is 17.2 Å². The van der Waals surface area contributed by atoms with Crippen molar-refractivity contribution in [1.29, 1.82) is 0 Å². The van der Waals surface area contributed by atoms with Crippen molar-refractivity contribution in [2.24, 2.45) is 0 Å². The molecule has 2 aromatic heterocycles. The van der Waals surface area contributed by atoms with E-state index < -0.39 is 0 Å². The quantitative estimate of drug-likeness (QED) is 0.592. The van der Waals surface area contributed by atoms with E-state index in [1.54, 1.807) is 25.4 Å². The highest BCUT2D eigenvalue weighted by Gasteiger charge is 2.11. The number of fused-ring (bicyclic) bond motifs is 1. The lowest BCUT2D eigenvalue weighted by atomic mass is 10.1. The molecular formula is C20H16N2O4. The van der Waals surface area contributed by atoms with Crippen molar-refractivity contribution < 1.29 is 18.4 Å². The maximum absolute atomic E-state index is 11.3. The van der Waals surface area contributed by atoms with Gasteiger partial charge in [-0.15, -0.1) is 0 Å². The Morgan fingerprint density at radius 2 is 2.04 bits per heavy atom. The average molecular weight is 348 g/mol. The van der Waals surface area contributed by atoms with Gasteiger partial charge in [0.25, 0.3) is 5.91 Å². The van der Waals surface area contributed by atoms with Crippen LogP contribution in [0.2, 0.25) is 0 Å². The second kappa shape index (κ2) is 6.76. The van der Waals surface area contributed by atoms with E-state index in [1.165, 1.54) is 0 Å². The van der Waals surface area contributed by atoms with Crippen molar-refractivity contribution in [3.63, 3.8) is 0 Å². The molecule has 0 spiro atoms. The van der Waals surface area contributed by atoms with Crippen LogP contribution in [-0.4, -0.2) is 24.5 Å². The summed E-state index contributed by atoms with van der Waals surface area (Å²) in [6, 6.07) is 16.8. The molecule has 0 unspecified atom stereocenters. The van der Waals surface area contributed by atoms with Gasteiger partial charge in [-0.1, -0.05) is 6.07 Å². The molecule has 4 aromatic rings. The summed E-state index contributed by atoms with van der Waals surface area (Å²) in [6.45, 7) is -0.0416. The van der Waals surface area contributed by atoms with E-state index in [2.05, 4.69) is 10.3 Å². The molecule has 0 bridgehead atoms. The van der Waals surface area contributed by atoms with Gasteiger partial charge in [0.2, 0.25) is 5.89 Å². The Labute approximate surface area is 149 Å². The van der Waals surface area contributed by atoms with Crippen LogP contribution in [0.3, 0.4) is 0 Å². The van der Waals surface area contributed by atoms with E-state index in [0.717, 1.165) is 22.4 Å². The second-order valence-corrected chi connectivity index (χ2v) is 5.67. The third-order valence-electron chi connectivity index (χ3n) is 3.92. The molecule has 0 atom stereocenters. The molecule has 1 N–H and O–H groups in total. The minimum atomic E-state index is -0.192. The van der Waals surface area contributed by atoms with Gasteiger partial charge >= 0.3 is 0 Å². The standard InChI is InChI=1S/C20H16N2O4/c1-21-19(23)12-25-15-5-2-4-14(10-15)20-22-16-8-7-13(11-18(16)26-20)17-6-3-9-24-17/h2-11H,12H2,1H3,(H,21,23). The summed E-state index contributed by atoms with van der Waals surface area (Å²) in [5.74, 6) is 1.64. The molecule has 1 amide bonds. The van der Waals surface area contributed by atoms with E-state index in [-0.39, 0.29) is 12.5 Å². The number of ether oxygens (including phenoxy) is 1. The highest BCUT2D eigenvalue weighted by molar-refractivity contribution is 5.81. The fourth-order valence-electron chi connectivity index (χ4n) is 2.58. The van der Waals surface area contributed by atoms with Crippen molar-refractivity contribution in [1.82, 2.24) is 10.3 Å². The molecule has 0 saturated heterocycles. The van der Waals surface area contributed by atoms with Gasteiger partial charge in [-0.25, -0.2) is 4.98 Å². The van der Waals surface area contributed by atoms with Crippen LogP contribution >= 0.6 is 0 Å². The number of carbonyl (C=O) groups excluding carboxylic acids is 1. The van der Waals surface area contributed by atoms with Crippen molar-refractivity contribution >= 4 is 17.0 Å². The van der Waals surface area contributed by atoms with Crippen LogP contribution in [-0.2, 0) is 4.79 Å². The summed E-state index contributed by atoms with van der Waals surface area (Å²) in [7, 11) is 1.57. The Hall–Kier alpha value is -3.54. The Kier molecular flexibility index (Phi) is 4.15. The minimum Gasteiger partial charge on any atom is -0.484 e. The first-order valence-corrected chi connectivity index (χ1v) is 8.11. The van der Waals surface area contributed by atoms with Crippen LogP contribution in [0.1, 0.15) is 0 Å². The van der Waals surface area contributed by atoms with Crippen molar-refractivity contribution in [2.75, 3.05) is 13.7 Å². The van der Waals surface area contributed by atoms with Crippen LogP contribution in [0.15, 0.2) is 69.7 Å². The number of oxazole rings is 1. The van der Waals surface area contributed by atoms with Gasteiger partial charge in [0.1, 0.15) is 17.0 Å². The number of aromatic nitrogens is 1. The average Bonchev–Trinajstić information content (AvgIpc) is 3.35. The first-order chi connectivity index (χ1) is 12.7. The first kappa shape index (κ1) is 16.0. The summed E-state index contributed by atoms with van der Waals surface area (Å²) in [4.78, 5) is 15.8. The van der Waals surface area contributed by atoms with Gasteiger partial charge in [0.05, 0.1) is 6.26 Å². The molecule has 0 saturated carbocycles. The third-order valence-corrected chi connectivity index (χ3v) is 3.92. The predicted molar refractivity (Wildman–Crippen MR) is 96.7 cm³/mol. The molecule has 0 fully saturated rings. The van der Waals surface area contributed by atoms with Gasteiger partial charge in [0, 0.05) is 18.2 Å². The van der Waals surface area contributed by atoms with Gasteiger partial charge in [-0.2, -0.15) is 0 Å². The second-order valence-electron chi connectivity index (χ2n) is 5.67. The fourth-order valence-corrected chi connectivity index (χ4v) is 2.58. The van der Waals surface area contributed by atoms with E-state index in [4.69, 9.17) is 13.6 Å². The molecule has 0 aliphatic carbocycles. The fraction of sp³-hybridized carbons (Fsp3) is 0.100. The van der Waals surface area contributed by atoms with Crippen LogP contribution in [0.5, 0.6) is 5.75 Å². The lowest BCUT2D eigenvalue weighted by molar-refractivity contribution is -0.122. The smallest absolute Gasteiger partial charge is 0.257 e. The zero-order valence-electron chi connectivity index (χ0n) is 14.1. The summed E-state index contributed by atoms with van der Waals surface area (Å²) in [6.07, 6.45) is 1.63. The Bertz CT molecular complexity index is 1050. The largest absolute Gasteiger partial charge is 0.484 e. The summed E-state index contributed by atoms with van der Waals surface area (Å²) < 4.78 is 16.8. The number of hydrogen-bond acceptors (Lipinski definition) is 5. The number of carbonyl (C=O) groups is 1. The first-order valence-electron chi connectivity index (χ1n) is 8.11. The molecule has 130 valence electrons. The molecule has 6 nitrogen and oxygen atoms in total. The maximum atomic E-state index is 11.3. The van der Waals surface area contributed by atoms with Crippen molar-refractivity contribution in [3.8, 4) is 28.5 Å². The minimum absolute atomic E-state index is 0.0416. The van der Waals surface area contributed by atoms with E-state index in [1.807, 2.05) is 42.5 Å². The van der Waals surface area contributed by atoms with Crippen LogP contribution in [0.25, 0.3) is 33.9 Å². The van der Waals surface area contributed by atoms with Gasteiger partial charge in [0.15, 0.2) is 12.2 Å². The monoisotopic (exact) mass is 348 g/mol. The number of amides is 1. The molecule has 0 aliphatic rings. The van der Waals surface area contributed by atoms with E-state index in [9.17, 15) is 4.79 Å². The highest BCUT2D eigenvalue weighted by Crippen LogP contribution is 2.30. The lowest BCUT2D eigenvalue weighted by Crippen LogP contribution is -2.24. The SMILES string of the molecule is CNC(=O)COc1cccc(-c2nc3ccc(-c4ccco4)cc3o2)c1. The highest BCUT2D eigenvalue weighted by atomic mass is 16.5. The summed E-state index contributed by atoms with van der Waals surface area (Å²) in [5, 5.41) is 2.51. The molecule has 6 heteroatoms. The number of furan rings is 1. The van der Waals surface area contributed by atoms with Crippen molar-refractivity contribution in [3.05, 3.63) is 60.9 Å². The number of nitrogens with one attached hydrogen (secondary N) is 1. The van der Waals surface area contributed by atoms with Gasteiger partial charge in [-0.05, 0) is 48.5 Å². The number of likely N-dealkylation sites (N-methyl/N-ethyl adjacent to an activating group) is 1. The Morgan fingerprint density at radius 3 is 2.85 bits per heavy atom. The van der Waals surface area contributed by atoms with E-state index >= 15 is 0 Å². The van der Waals surface area contributed by atoms with Crippen LogP contribution < -0.4 is 10.1 Å². The maximum Gasteiger partial charge on any atom is 0.257 e. The lowest BCUT2D eigenvalue weighted by Gasteiger charge is -2.05. The summed E-state index contributed by atoms with van der Waals surface area (Å²) >= 11 is 0. The zero-order valence-corrected chi connectivity index (χ0v) is 14.1. The molecule has 2 heterocycles. The number of benzene rings is 2. The number of hydrogen-bond donors (Lipinski definition) is 1. The number of rotatable bonds is 5. The Balaban J connectivity index is 1.63. The topological polar surface area (TPSA) is 77.5 Å². The van der Waals surface area contributed by atoms with Gasteiger partial charge in [-0.3, -0.25) is 4.79 Å². The summed E-state index contributed by atoms with van der Waals surface area (Å²) in [5.41, 5.74) is 3.13. The Morgan fingerprint density at radius 1 is 1.12 bits per heavy atom. The predicted octanol–water partition coefficient (Wildman–Crippen LogP) is 3.88. The molecule has 26 heavy (non-hydrogen) atoms. The third kappa shape index (κ3) is 3.17. The molecule has 0 aliphatic heterocycles. The van der Waals surface area contributed by atoms with Crippen LogP contribution in [0.4, 0.5) is 0 Å². The van der Waals surface area contributed by atoms with Crippen molar-refractivity contribution in [2.45, 2.75) is 0 Å². The van der Waals surface area contributed by atoms with Gasteiger partial charge < -0.3 is 18.9 Å². The number of nitrogens with zero attached hydrogens (tertiary/aromatic N) is 1. The molecule has 4 rings (SSSR count). The molecule has 0 radical (unpaired) electrons. The molecule has 2 aromatic carbocycles. The zero-order chi connectivity index (χ0) is 17.9. The normalized spacial score (nSPS) is 10.8. The molecular weight excluding hydrogens is 332 g/mol. The van der Waals surface area contributed by atoms with Crippen LogP contribution in [0, 0.1) is 0 Å².